The summed E-state index contributed by atoms with van der Waals surface area (Å²) in [6, 6.07) is 10.2. The number of carbonyl (C=O) groups is 1. The fourth-order valence-corrected chi connectivity index (χ4v) is 3.18. The molecular weight excluding hydrogens is 400 g/mol. The number of ether oxygens (including phenoxy) is 1. The van der Waals surface area contributed by atoms with Crippen LogP contribution in [-0.4, -0.2) is 27.3 Å². The van der Waals surface area contributed by atoms with E-state index in [9.17, 15) is 25.0 Å². The predicted molar refractivity (Wildman–Crippen MR) is 106 cm³/mol. The number of amides is 1. The molecule has 0 aliphatic rings. The Morgan fingerprint density at radius 1 is 1.14 bits per heavy atom. The molecule has 0 radical (unpaired) electrons. The molecule has 3 aromatic rings. The molecule has 0 unspecified atom stereocenters. The van der Waals surface area contributed by atoms with Crippen molar-refractivity contribution in [2.45, 2.75) is 6.92 Å². The fraction of sp³-hybridized carbons (Fsp3) is 0.111. The molecule has 1 heterocycles. The maximum atomic E-state index is 12.1. The minimum Gasteiger partial charge on any atom is -0.484 e. The standard InChI is InChI=1S/C18H14N4O6S/c1-11-8-14(6-7-16(11)22(26)27)28-9-17(23)20-18-19-15(10-29-18)12-2-4-13(5-3-12)21(24)25/h2-8,10H,9H2,1H3,(H,19,20,23). The number of thiazole rings is 1. The quantitative estimate of drug-likeness (QED) is 0.456. The van der Waals surface area contributed by atoms with Crippen LogP contribution in [0.15, 0.2) is 47.8 Å². The van der Waals surface area contributed by atoms with Gasteiger partial charge in [0.15, 0.2) is 11.7 Å². The molecule has 0 fully saturated rings. The van der Waals surface area contributed by atoms with E-state index in [1.165, 1.54) is 41.7 Å². The number of benzene rings is 2. The van der Waals surface area contributed by atoms with Crippen molar-refractivity contribution in [1.29, 1.82) is 0 Å². The first-order valence-corrected chi connectivity index (χ1v) is 9.09. The molecule has 1 aromatic heterocycles. The third kappa shape index (κ3) is 4.90. The van der Waals surface area contributed by atoms with E-state index in [-0.39, 0.29) is 18.0 Å². The number of hydrogen-bond donors (Lipinski definition) is 1. The molecule has 0 saturated heterocycles. The molecule has 0 spiro atoms. The Kier molecular flexibility index (Phi) is 5.79. The maximum Gasteiger partial charge on any atom is 0.272 e. The summed E-state index contributed by atoms with van der Waals surface area (Å²) in [6.45, 7) is 1.30. The average molecular weight is 414 g/mol. The number of aromatic nitrogens is 1. The van der Waals surface area contributed by atoms with Gasteiger partial charge in [0.1, 0.15) is 5.75 Å². The summed E-state index contributed by atoms with van der Waals surface area (Å²) in [5.41, 5.74) is 1.65. The van der Waals surface area contributed by atoms with Gasteiger partial charge in [0.25, 0.3) is 17.3 Å². The van der Waals surface area contributed by atoms with Crippen molar-refractivity contribution in [3.63, 3.8) is 0 Å². The zero-order chi connectivity index (χ0) is 21.0. The largest absolute Gasteiger partial charge is 0.484 e. The molecule has 1 N–H and O–H groups in total. The molecule has 3 rings (SSSR count). The monoisotopic (exact) mass is 414 g/mol. The summed E-state index contributed by atoms with van der Waals surface area (Å²) >= 11 is 1.21. The second kappa shape index (κ2) is 8.44. The van der Waals surface area contributed by atoms with Crippen LogP contribution in [0.5, 0.6) is 5.75 Å². The second-order valence-corrected chi connectivity index (χ2v) is 6.74. The fourth-order valence-electron chi connectivity index (χ4n) is 2.44. The van der Waals surface area contributed by atoms with Crippen LogP contribution in [0, 0.1) is 27.2 Å². The van der Waals surface area contributed by atoms with Gasteiger partial charge < -0.3 is 4.74 Å². The highest BCUT2D eigenvalue weighted by Crippen LogP contribution is 2.27. The van der Waals surface area contributed by atoms with Gasteiger partial charge in [-0.1, -0.05) is 0 Å². The lowest BCUT2D eigenvalue weighted by atomic mass is 10.1. The minimum atomic E-state index is -0.489. The van der Waals surface area contributed by atoms with Crippen molar-refractivity contribution < 1.29 is 19.4 Å². The Bertz CT molecular complexity index is 1080. The number of nitrogens with zero attached hydrogens (tertiary/aromatic N) is 3. The van der Waals surface area contributed by atoms with Crippen LogP contribution in [0.2, 0.25) is 0 Å². The number of anilines is 1. The van der Waals surface area contributed by atoms with E-state index in [1.807, 2.05) is 0 Å². The van der Waals surface area contributed by atoms with Crippen molar-refractivity contribution in [2.75, 3.05) is 11.9 Å². The number of nitrogens with one attached hydrogen (secondary N) is 1. The van der Waals surface area contributed by atoms with Gasteiger partial charge in [0.05, 0.1) is 15.5 Å². The van der Waals surface area contributed by atoms with E-state index in [1.54, 1.807) is 24.4 Å². The van der Waals surface area contributed by atoms with Crippen molar-refractivity contribution in [3.8, 4) is 17.0 Å². The summed E-state index contributed by atoms with van der Waals surface area (Å²) in [5, 5.41) is 26.2. The molecule has 0 saturated carbocycles. The first kappa shape index (κ1) is 19.9. The molecule has 2 aromatic carbocycles. The van der Waals surface area contributed by atoms with Crippen molar-refractivity contribution in [1.82, 2.24) is 4.98 Å². The Labute approximate surface area is 168 Å². The van der Waals surface area contributed by atoms with Gasteiger partial charge in [-0.05, 0) is 31.2 Å². The first-order chi connectivity index (χ1) is 13.8. The second-order valence-electron chi connectivity index (χ2n) is 5.88. The first-order valence-electron chi connectivity index (χ1n) is 8.21. The highest BCUT2D eigenvalue weighted by molar-refractivity contribution is 7.14. The normalized spacial score (nSPS) is 10.4. The zero-order valence-corrected chi connectivity index (χ0v) is 15.8. The smallest absolute Gasteiger partial charge is 0.272 e. The van der Waals surface area contributed by atoms with E-state index in [2.05, 4.69) is 10.3 Å². The minimum absolute atomic E-state index is 0.0175. The summed E-state index contributed by atoms with van der Waals surface area (Å²) in [5.74, 6) is -0.0976. The topological polar surface area (TPSA) is 138 Å². The number of aryl methyl sites for hydroxylation is 1. The van der Waals surface area contributed by atoms with Gasteiger partial charge in [0, 0.05) is 34.7 Å². The number of hydrogen-bond acceptors (Lipinski definition) is 8. The van der Waals surface area contributed by atoms with E-state index in [0.29, 0.717) is 27.7 Å². The molecule has 29 heavy (non-hydrogen) atoms. The SMILES string of the molecule is Cc1cc(OCC(=O)Nc2nc(-c3ccc([N+](=O)[O-])cc3)cs2)ccc1[N+](=O)[O-]. The molecule has 148 valence electrons. The van der Waals surface area contributed by atoms with Gasteiger partial charge >= 0.3 is 0 Å². The number of nitro benzene ring substituents is 2. The lowest BCUT2D eigenvalue weighted by molar-refractivity contribution is -0.385. The van der Waals surface area contributed by atoms with Crippen molar-refractivity contribution in [3.05, 3.63) is 73.6 Å². The molecule has 0 aliphatic carbocycles. The Hall–Kier alpha value is -3.86. The van der Waals surface area contributed by atoms with Crippen molar-refractivity contribution in [2.24, 2.45) is 0 Å². The summed E-state index contributed by atoms with van der Waals surface area (Å²) in [7, 11) is 0. The van der Waals surface area contributed by atoms with Crippen LogP contribution in [0.1, 0.15) is 5.56 Å². The van der Waals surface area contributed by atoms with Crippen LogP contribution >= 0.6 is 11.3 Å². The number of nitro groups is 2. The van der Waals surface area contributed by atoms with Crippen LogP contribution in [0.3, 0.4) is 0 Å². The van der Waals surface area contributed by atoms with Crippen LogP contribution in [-0.2, 0) is 4.79 Å². The predicted octanol–water partition coefficient (Wildman–Crippen LogP) is 3.95. The number of rotatable bonds is 7. The van der Waals surface area contributed by atoms with Gasteiger partial charge in [0.2, 0.25) is 0 Å². The van der Waals surface area contributed by atoms with Gasteiger partial charge in [-0.25, -0.2) is 4.98 Å². The lowest BCUT2D eigenvalue weighted by Crippen LogP contribution is -2.20. The van der Waals surface area contributed by atoms with Gasteiger partial charge in [-0.2, -0.15) is 0 Å². The van der Waals surface area contributed by atoms with Crippen LogP contribution in [0.25, 0.3) is 11.3 Å². The molecule has 0 aliphatic heterocycles. The third-order valence-electron chi connectivity index (χ3n) is 3.86. The Morgan fingerprint density at radius 3 is 2.48 bits per heavy atom. The van der Waals surface area contributed by atoms with E-state index < -0.39 is 15.8 Å². The lowest BCUT2D eigenvalue weighted by Gasteiger charge is -2.06. The third-order valence-corrected chi connectivity index (χ3v) is 4.62. The maximum absolute atomic E-state index is 12.1. The Morgan fingerprint density at radius 2 is 1.86 bits per heavy atom. The van der Waals surface area contributed by atoms with E-state index >= 15 is 0 Å². The number of non-ortho nitro benzene ring substituents is 1. The summed E-state index contributed by atoms with van der Waals surface area (Å²) < 4.78 is 5.36. The Balaban J connectivity index is 1.58. The number of carbonyl (C=O) groups excluding carboxylic acids is 1. The molecule has 1 amide bonds. The zero-order valence-electron chi connectivity index (χ0n) is 15.0. The highest BCUT2D eigenvalue weighted by Gasteiger charge is 2.13. The molecule has 10 nitrogen and oxygen atoms in total. The highest BCUT2D eigenvalue weighted by atomic mass is 32.1. The summed E-state index contributed by atoms with van der Waals surface area (Å²) in [6.07, 6.45) is 0. The average Bonchev–Trinajstić information content (AvgIpc) is 3.14. The van der Waals surface area contributed by atoms with Crippen LogP contribution in [0.4, 0.5) is 16.5 Å². The molecule has 0 bridgehead atoms. The van der Waals surface area contributed by atoms with Gasteiger partial charge in [-0.3, -0.25) is 30.3 Å². The van der Waals surface area contributed by atoms with Crippen LogP contribution < -0.4 is 10.1 Å². The molecule has 11 heteroatoms. The summed E-state index contributed by atoms with van der Waals surface area (Å²) in [4.78, 5) is 36.9. The van der Waals surface area contributed by atoms with Crippen molar-refractivity contribution >= 4 is 33.8 Å². The van der Waals surface area contributed by atoms with Gasteiger partial charge in [-0.15, -0.1) is 11.3 Å². The van der Waals surface area contributed by atoms with E-state index in [4.69, 9.17) is 4.74 Å². The molecule has 0 atom stereocenters. The van der Waals surface area contributed by atoms with E-state index in [0.717, 1.165) is 0 Å². The molecular formula is C18H14N4O6S.